The summed E-state index contributed by atoms with van der Waals surface area (Å²) in [5.41, 5.74) is 0.859. The Balaban J connectivity index is 2.39. The summed E-state index contributed by atoms with van der Waals surface area (Å²) in [5, 5.41) is 5.42. The van der Waals surface area contributed by atoms with Crippen molar-refractivity contribution in [3.05, 3.63) is 23.8 Å². The molecule has 0 bridgehead atoms. The third-order valence-corrected chi connectivity index (χ3v) is 3.34. The number of benzene rings is 1. The van der Waals surface area contributed by atoms with Gasteiger partial charge in [0.25, 0.3) is 0 Å². The van der Waals surface area contributed by atoms with Gasteiger partial charge in [0, 0.05) is 13.0 Å². The number of methoxy groups -OCH3 is 2. The van der Waals surface area contributed by atoms with Crippen LogP contribution in [0.4, 0.5) is 0 Å². The second-order valence-electron chi connectivity index (χ2n) is 6.79. The minimum Gasteiger partial charge on any atom is -0.497 e. The third-order valence-electron chi connectivity index (χ3n) is 3.34. The summed E-state index contributed by atoms with van der Waals surface area (Å²) in [6, 6.07) is 5.55. The van der Waals surface area contributed by atoms with Crippen LogP contribution in [0.1, 0.15) is 32.8 Å². The molecule has 0 saturated heterocycles. The average Bonchev–Trinajstić information content (AvgIpc) is 2.51. The summed E-state index contributed by atoms with van der Waals surface area (Å²) in [4.78, 5) is 23.5. The van der Waals surface area contributed by atoms with Crippen LogP contribution >= 0.6 is 0 Å². The molecule has 0 fully saturated rings. The van der Waals surface area contributed by atoms with Crippen molar-refractivity contribution in [2.45, 2.75) is 33.6 Å². The predicted octanol–water partition coefficient (Wildman–Crippen LogP) is 1.91. The van der Waals surface area contributed by atoms with Crippen LogP contribution in [0.5, 0.6) is 11.5 Å². The van der Waals surface area contributed by atoms with Gasteiger partial charge in [-0.2, -0.15) is 0 Å². The van der Waals surface area contributed by atoms with E-state index >= 15 is 0 Å². The number of carbonyl (C=O) groups is 2. The van der Waals surface area contributed by atoms with Crippen molar-refractivity contribution in [2.75, 3.05) is 27.3 Å². The van der Waals surface area contributed by atoms with Crippen molar-refractivity contribution < 1.29 is 19.1 Å². The molecule has 0 heterocycles. The minimum absolute atomic E-state index is 0.00976. The first-order valence-electron chi connectivity index (χ1n) is 7.99. The first-order chi connectivity index (χ1) is 11.2. The van der Waals surface area contributed by atoms with Gasteiger partial charge in [-0.3, -0.25) is 9.59 Å². The van der Waals surface area contributed by atoms with E-state index in [9.17, 15) is 9.59 Å². The smallest absolute Gasteiger partial charge is 0.239 e. The molecular formula is C18H28N2O4. The van der Waals surface area contributed by atoms with Crippen molar-refractivity contribution in [3.63, 3.8) is 0 Å². The normalized spacial score (nSPS) is 10.9. The molecular weight excluding hydrogens is 308 g/mol. The standard InChI is InChI=1S/C18H28N2O4/c1-18(2,3)11-16(21)20-12-17(22)19-9-8-13-10-14(23-4)6-7-15(13)24-5/h6-7,10H,8-9,11-12H2,1-5H3,(H,19,22)(H,20,21). The van der Waals surface area contributed by atoms with Gasteiger partial charge in [-0.25, -0.2) is 0 Å². The Hall–Kier alpha value is -2.24. The van der Waals surface area contributed by atoms with Crippen LogP contribution in [0.15, 0.2) is 18.2 Å². The Morgan fingerprint density at radius 1 is 1.04 bits per heavy atom. The molecule has 24 heavy (non-hydrogen) atoms. The van der Waals surface area contributed by atoms with Gasteiger partial charge in [0.2, 0.25) is 11.8 Å². The number of nitrogens with one attached hydrogen (secondary N) is 2. The van der Waals surface area contributed by atoms with Crippen LogP contribution in [-0.2, 0) is 16.0 Å². The lowest BCUT2D eigenvalue weighted by Crippen LogP contribution is -2.38. The Labute approximate surface area is 143 Å². The number of carbonyl (C=O) groups excluding carboxylic acids is 2. The molecule has 0 aliphatic carbocycles. The Morgan fingerprint density at radius 3 is 2.33 bits per heavy atom. The van der Waals surface area contributed by atoms with Crippen LogP contribution in [-0.4, -0.2) is 39.1 Å². The van der Waals surface area contributed by atoms with Gasteiger partial charge >= 0.3 is 0 Å². The second-order valence-corrected chi connectivity index (χ2v) is 6.79. The van der Waals surface area contributed by atoms with E-state index in [4.69, 9.17) is 9.47 Å². The zero-order valence-corrected chi connectivity index (χ0v) is 15.2. The van der Waals surface area contributed by atoms with Crippen LogP contribution in [0.3, 0.4) is 0 Å². The van der Waals surface area contributed by atoms with Crippen molar-refractivity contribution in [3.8, 4) is 11.5 Å². The van der Waals surface area contributed by atoms with Gasteiger partial charge < -0.3 is 20.1 Å². The van der Waals surface area contributed by atoms with Gasteiger partial charge in [-0.05, 0) is 35.6 Å². The van der Waals surface area contributed by atoms with E-state index in [-0.39, 0.29) is 23.8 Å². The molecule has 0 spiro atoms. The third kappa shape index (κ3) is 7.35. The Bertz CT molecular complexity index is 565. The molecule has 1 rings (SSSR count). The summed E-state index contributed by atoms with van der Waals surface area (Å²) < 4.78 is 10.5. The Kier molecular flexibility index (Phi) is 7.55. The van der Waals surface area contributed by atoms with E-state index in [1.54, 1.807) is 14.2 Å². The van der Waals surface area contributed by atoms with Gasteiger partial charge in [-0.1, -0.05) is 20.8 Å². The topological polar surface area (TPSA) is 76.7 Å². The largest absolute Gasteiger partial charge is 0.497 e. The molecule has 134 valence electrons. The molecule has 2 amide bonds. The molecule has 0 aromatic heterocycles. The van der Waals surface area contributed by atoms with Crippen molar-refractivity contribution in [1.82, 2.24) is 10.6 Å². The highest BCUT2D eigenvalue weighted by atomic mass is 16.5. The fraction of sp³-hybridized carbons (Fsp3) is 0.556. The maximum absolute atomic E-state index is 11.8. The molecule has 0 unspecified atom stereocenters. The molecule has 1 aromatic carbocycles. The number of amides is 2. The molecule has 0 aliphatic rings. The lowest BCUT2D eigenvalue weighted by atomic mass is 9.92. The number of ether oxygens (including phenoxy) is 2. The van der Waals surface area contributed by atoms with Crippen molar-refractivity contribution in [2.24, 2.45) is 5.41 Å². The van der Waals surface area contributed by atoms with Gasteiger partial charge in [0.1, 0.15) is 11.5 Å². The summed E-state index contributed by atoms with van der Waals surface area (Å²) in [6.07, 6.45) is 1.00. The molecule has 6 heteroatoms. The molecule has 0 radical (unpaired) electrons. The van der Waals surface area contributed by atoms with Crippen LogP contribution in [0.2, 0.25) is 0 Å². The molecule has 6 nitrogen and oxygen atoms in total. The summed E-state index contributed by atoms with van der Waals surface area (Å²) in [6.45, 7) is 6.39. The SMILES string of the molecule is COc1ccc(OC)c(CCNC(=O)CNC(=O)CC(C)(C)C)c1. The summed E-state index contributed by atoms with van der Waals surface area (Å²) >= 11 is 0. The quantitative estimate of drug-likeness (QED) is 0.760. The zero-order chi connectivity index (χ0) is 18.2. The van der Waals surface area contributed by atoms with E-state index in [0.717, 1.165) is 17.1 Å². The van der Waals surface area contributed by atoms with Gasteiger partial charge in [0.05, 0.1) is 20.8 Å². The van der Waals surface area contributed by atoms with Crippen LogP contribution < -0.4 is 20.1 Å². The van der Waals surface area contributed by atoms with E-state index in [1.807, 2.05) is 39.0 Å². The number of hydrogen-bond donors (Lipinski definition) is 2. The second kappa shape index (κ2) is 9.15. The Morgan fingerprint density at radius 2 is 1.75 bits per heavy atom. The monoisotopic (exact) mass is 336 g/mol. The lowest BCUT2D eigenvalue weighted by molar-refractivity contribution is -0.127. The number of hydrogen-bond acceptors (Lipinski definition) is 4. The predicted molar refractivity (Wildman–Crippen MR) is 93.3 cm³/mol. The maximum Gasteiger partial charge on any atom is 0.239 e. The zero-order valence-electron chi connectivity index (χ0n) is 15.2. The summed E-state index contributed by atoms with van der Waals surface area (Å²) in [7, 11) is 3.21. The molecule has 0 aliphatic heterocycles. The highest BCUT2D eigenvalue weighted by Gasteiger charge is 2.16. The molecule has 1 aromatic rings. The van der Waals surface area contributed by atoms with E-state index < -0.39 is 0 Å². The van der Waals surface area contributed by atoms with Gasteiger partial charge in [0.15, 0.2) is 0 Å². The van der Waals surface area contributed by atoms with Crippen molar-refractivity contribution in [1.29, 1.82) is 0 Å². The van der Waals surface area contributed by atoms with E-state index in [1.165, 1.54) is 0 Å². The van der Waals surface area contributed by atoms with E-state index in [2.05, 4.69) is 10.6 Å². The average molecular weight is 336 g/mol. The fourth-order valence-corrected chi connectivity index (χ4v) is 2.20. The molecule has 0 saturated carbocycles. The van der Waals surface area contributed by atoms with Crippen LogP contribution in [0, 0.1) is 5.41 Å². The van der Waals surface area contributed by atoms with Crippen molar-refractivity contribution >= 4 is 11.8 Å². The first-order valence-corrected chi connectivity index (χ1v) is 7.99. The highest BCUT2D eigenvalue weighted by molar-refractivity contribution is 5.84. The lowest BCUT2D eigenvalue weighted by Gasteiger charge is -2.17. The van der Waals surface area contributed by atoms with E-state index in [0.29, 0.717) is 19.4 Å². The first kappa shape index (κ1) is 19.8. The summed E-state index contributed by atoms with van der Waals surface area (Å²) in [5.74, 6) is 1.17. The fourth-order valence-electron chi connectivity index (χ4n) is 2.20. The minimum atomic E-state index is -0.209. The van der Waals surface area contributed by atoms with Crippen LogP contribution in [0.25, 0.3) is 0 Å². The highest BCUT2D eigenvalue weighted by Crippen LogP contribution is 2.24. The number of rotatable bonds is 8. The van der Waals surface area contributed by atoms with Gasteiger partial charge in [-0.15, -0.1) is 0 Å². The maximum atomic E-state index is 11.8. The molecule has 2 N–H and O–H groups in total. The molecule has 0 atom stereocenters.